The van der Waals surface area contributed by atoms with Gasteiger partial charge in [0.2, 0.25) is 0 Å². The van der Waals surface area contributed by atoms with Crippen molar-refractivity contribution in [3.63, 3.8) is 0 Å². The summed E-state index contributed by atoms with van der Waals surface area (Å²) in [4.78, 5) is 16.2. The van der Waals surface area contributed by atoms with Crippen molar-refractivity contribution in [1.82, 2.24) is 10.3 Å². The molecule has 2 N–H and O–H groups in total. The van der Waals surface area contributed by atoms with Crippen LogP contribution >= 0.6 is 0 Å². The van der Waals surface area contributed by atoms with Crippen LogP contribution in [0.4, 0.5) is 11.4 Å². The molecule has 0 fully saturated rings. The number of hydrogen-bond acceptors (Lipinski definition) is 4. The van der Waals surface area contributed by atoms with Crippen molar-refractivity contribution < 1.29 is 9.53 Å². The molecule has 24 heavy (non-hydrogen) atoms. The average Bonchev–Trinajstić information content (AvgIpc) is 2.55. The number of amides is 1. The predicted octanol–water partition coefficient (Wildman–Crippen LogP) is 3.50. The van der Waals surface area contributed by atoms with Gasteiger partial charge in [-0.1, -0.05) is 39.0 Å². The fraction of sp³-hybridized carbons (Fsp3) is 0.368. The number of pyridine rings is 1. The first-order valence-corrected chi connectivity index (χ1v) is 8.01. The summed E-state index contributed by atoms with van der Waals surface area (Å²) in [5.74, 6) is -0.200. The summed E-state index contributed by atoms with van der Waals surface area (Å²) in [7, 11) is 1.60. The maximum Gasteiger partial charge on any atom is 0.269 e. The quantitative estimate of drug-likeness (QED) is 0.797. The number of rotatable bonds is 6. The lowest BCUT2D eigenvalue weighted by Crippen LogP contribution is -2.27. The van der Waals surface area contributed by atoms with Gasteiger partial charge in [0.1, 0.15) is 5.69 Å². The highest BCUT2D eigenvalue weighted by Crippen LogP contribution is 2.31. The van der Waals surface area contributed by atoms with Gasteiger partial charge in [-0.05, 0) is 29.2 Å². The molecule has 1 aromatic heterocycles. The van der Waals surface area contributed by atoms with Crippen LogP contribution in [0.1, 0.15) is 36.8 Å². The van der Waals surface area contributed by atoms with E-state index in [1.54, 1.807) is 19.4 Å². The molecule has 2 aromatic rings. The van der Waals surface area contributed by atoms with Gasteiger partial charge >= 0.3 is 0 Å². The molecule has 5 heteroatoms. The summed E-state index contributed by atoms with van der Waals surface area (Å²) in [6.07, 6.45) is 1.67. The number of methoxy groups -OCH3 is 1. The van der Waals surface area contributed by atoms with E-state index < -0.39 is 0 Å². The lowest BCUT2D eigenvalue weighted by atomic mass is 9.86. The molecule has 0 saturated carbocycles. The van der Waals surface area contributed by atoms with E-state index in [9.17, 15) is 4.79 Å². The third kappa shape index (κ3) is 4.80. The molecule has 5 nitrogen and oxygen atoms in total. The van der Waals surface area contributed by atoms with E-state index in [4.69, 9.17) is 4.74 Å². The molecule has 0 saturated heterocycles. The molecule has 1 heterocycles. The first kappa shape index (κ1) is 17.9. The highest BCUT2D eigenvalue weighted by atomic mass is 16.5. The first-order valence-electron chi connectivity index (χ1n) is 8.01. The molecule has 128 valence electrons. The fourth-order valence-electron chi connectivity index (χ4n) is 2.36. The van der Waals surface area contributed by atoms with Crippen molar-refractivity contribution in [3.8, 4) is 0 Å². The Bertz CT molecular complexity index is 676. The van der Waals surface area contributed by atoms with Gasteiger partial charge in [-0.25, -0.2) is 4.98 Å². The van der Waals surface area contributed by atoms with Gasteiger partial charge in [0.25, 0.3) is 5.91 Å². The van der Waals surface area contributed by atoms with E-state index in [0.717, 1.165) is 11.4 Å². The number of nitrogens with zero attached hydrogens (tertiary/aromatic N) is 1. The lowest BCUT2D eigenvalue weighted by Gasteiger charge is -2.23. The van der Waals surface area contributed by atoms with Crippen molar-refractivity contribution in [2.75, 3.05) is 25.6 Å². The Balaban J connectivity index is 2.09. The normalized spacial score (nSPS) is 11.2. The smallest absolute Gasteiger partial charge is 0.269 e. The number of para-hydroxylation sites is 1. The van der Waals surface area contributed by atoms with Gasteiger partial charge < -0.3 is 15.4 Å². The molecule has 0 unspecified atom stereocenters. The van der Waals surface area contributed by atoms with Crippen LogP contribution in [-0.4, -0.2) is 31.2 Å². The summed E-state index contributed by atoms with van der Waals surface area (Å²) in [6, 6.07) is 11.8. The number of ether oxygens (including phenoxy) is 1. The Kier molecular flexibility index (Phi) is 5.93. The molecular weight excluding hydrogens is 302 g/mol. The van der Waals surface area contributed by atoms with E-state index >= 15 is 0 Å². The van der Waals surface area contributed by atoms with Crippen LogP contribution in [0.5, 0.6) is 0 Å². The van der Waals surface area contributed by atoms with Crippen molar-refractivity contribution >= 4 is 17.3 Å². The zero-order chi connectivity index (χ0) is 17.6. The van der Waals surface area contributed by atoms with Gasteiger partial charge in [-0.15, -0.1) is 0 Å². The zero-order valence-electron chi connectivity index (χ0n) is 14.7. The third-order valence-corrected chi connectivity index (χ3v) is 3.60. The summed E-state index contributed by atoms with van der Waals surface area (Å²) in [5, 5.41) is 6.13. The maximum atomic E-state index is 11.9. The summed E-state index contributed by atoms with van der Waals surface area (Å²) in [5.41, 5.74) is 3.55. The molecule has 0 aliphatic rings. The molecule has 0 radical (unpaired) electrons. The van der Waals surface area contributed by atoms with Gasteiger partial charge in [0, 0.05) is 19.3 Å². The highest BCUT2D eigenvalue weighted by Gasteiger charge is 2.17. The Labute approximate surface area is 143 Å². The zero-order valence-corrected chi connectivity index (χ0v) is 14.7. The number of aromatic nitrogens is 1. The minimum absolute atomic E-state index is 0.0399. The summed E-state index contributed by atoms with van der Waals surface area (Å²) in [6.45, 7) is 7.49. The molecule has 0 bridgehead atoms. The van der Waals surface area contributed by atoms with E-state index in [2.05, 4.69) is 42.5 Å². The number of anilines is 2. The standard InChI is InChI=1S/C19H25N3O2/c1-19(2,3)15-7-5-6-8-16(15)22-14-9-10-17(21-13-14)18(23)20-11-12-24-4/h5-10,13,22H,11-12H2,1-4H3,(H,20,23). The second kappa shape index (κ2) is 7.93. The molecule has 0 aliphatic heterocycles. The number of benzene rings is 1. The van der Waals surface area contributed by atoms with Crippen LogP contribution in [0.15, 0.2) is 42.6 Å². The average molecular weight is 327 g/mol. The van der Waals surface area contributed by atoms with Gasteiger partial charge in [-0.2, -0.15) is 0 Å². The molecular formula is C19H25N3O2. The molecule has 1 aromatic carbocycles. The van der Waals surface area contributed by atoms with Gasteiger partial charge in [-0.3, -0.25) is 4.79 Å². The van der Waals surface area contributed by atoms with Crippen LogP contribution in [0, 0.1) is 0 Å². The van der Waals surface area contributed by atoms with Crippen LogP contribution in [0.25, 0.3) is 0 Å². The number of nitrogens with one attached hydrogen (secondary N) is 2. The second-order valence-electron chi connectivity index (χ2n) is 6.60. The van der Waals surface area contributed by atoms with E-state index in [-0.39, 0.29) is 11.3 Å². The molecule has 0 aliphatic carbocycles. The van der Waals surface area contributed by atoms with Crippen LogP contribution in [-0.2, 0) is 10.2 Å². The molecule has 0 atom stereocenters. The number of carbonyl (C=O) groups is 1. The van der Waals surface area contributed by atoms with Crippen molar-refractivity contribution in [2.24, 2.45) is 0 Å². The van der Waals surface area contributed by atoms with Crippen LogP contribution in [0.3, 0.4) is 0 Å². The van der Waals surface area contributed by atoms with Crippen LogP contribution < -0.4 is 10.6 Å². The second-order valence-corrected chi connectivity index (χ2v) is 6.60. The van der Waals surface area contributed by atoms with Crippen molar-refractivity contribution in [1.29, 1.82) is 0 Å². The van der Waals surface area contributed by atoms with Crippen LogP contribution in [0.2, 0.25) is 0 Å². The monoisotopic (exact) mass is 327 g/mol. The maximum absolute atomic E-state index is 11.9. The Morgan fingerprint density at radius 1 is 1.17 bits per heavy atom. The Morgan fingerprint density at radius 3 is 2.54 bits per heavy atom. The van der Waals surface area contributed by atoms with Gasteiger partial charge in [0.15, 0.2) is 0 Å². The van der Waals surface area contributed by atoms with E-state index in [1.807, 2.05) is 24.3 Å². The summed E-state index contributed by atoms with van der Waals surface area (Å²) < 4.78 is 4.91. The first-order chi connectivity index (χ1) is 11.4. The predicted molar refractivity (Wildman–Crippen MR) is 96.9 cm³/mol. The van der Waals surface area contributed by atoms with E-state index in [0.29, 0.717) is 18.8 Å². The largest absolute Gasteiger partial charge is 0.383 e. The Morgan fingerprint density at radius 2 is 1.92 bits per heavy atom. The van der Waals surface area contributed by atoms with Gasteiger partial charge in [0.05, 0.1) is 18.5 Å². The fourth-order valence-corrected chi connectivity index (χ4v) is 2.36. The minimum atomic E-state index is -0.200. The molecule has 0 spiro atoms. The lowest BCUT2D eigenvalue weighted by molar-refractivity contribution is 0.0932. The molecule has 2 rings (SSSR count). The minimum Gasteiger partial charge on any atom is -0.383 e. The number of hydrogen-bond donors (Lipinski definition) is 2. The summed E-state index contributed by atoms with van der Waals surface area (Å²) >= 11 is 0. The highest BCUT2D eigenvalue weighted by molar-refractivity contribution is 5.92. The van der Waals surface area contributed by atoms with E-state index in [1.165, 1.54) is 5.56 Å². The topological polar surface area (TPSA) is 63.2 Å². The SMILES string of the molecule is COCCNC(=O)c1ccc(Nc2ccccc2C(C)(C)C)cn1. The van der Waals surface area contributed by atoms with Crippen molar-refractivity contribution in [2.45, 2.75) is 26.2 Å². The third-order valence-electron chi connectivity index (χ3n) is 3.60. The van der Waals surface area contributed by atoms with Crippen molar-refractivity contribution in [3.05, 3.63) is 53.9 Å². The number of carbonyl (C=O) groups excluding carboxylic acids is 1. The Hall–Kier alpha value is -2.40. The molecule has 1 amide bonds.